The number of hydrogen-bond acceptors (Lipinski definition) is 5. The van der Waals surface area contributed by atoms with Crippen LogP contribution in [0.5, 0.6) is 5.75 Å². The summed E-state index contributed by atoms with van der Waals surface area (Å²) in [6.07, 6.45) is 0. The first-order chi connectivity index (χ1) is 12.8. The number of esters is 1. The number of carbonyl (C=O) groups is 3. The van der Waals surface area contributed by atoms with Crippen molar-refractivity contribution >= 4 is 40.8 Å². The number of hydrogen-bond donors (Lipinski definition) is 1. The molecule has 2 rings (SSSR count). The Hall–Kier alpha value is -3.06. The van der Waals surface area contributed by atoms with Gasteiger partial charge < -0.3 is 14.8 Å². The molecular weight excluding hydrogens is 372 g/mol. The Balaban J connectivity index is 2.15. The fraction of sp³-hybridized carbons (Fsp3) is 0.211. The molecule has 2 amide bonds. The molecule has 0 aliphatic rings. The van der Waals surface area contributed by atoms with Crippen molar-refractivity contribution in [2.75, 3.05) is 31.0 Å². The van der Waals surface area contributed by atoms with Crippen LogP contribution in [0.15, 0.2) is 42.5 Å². The van der Waals surface area contributed by atoms with E-state index in [2.05, 4.69) is 10.1 Å². The van der Waals surface area contributed by atoms with Gasteiger partial charge >= 0.3 is 5.97 Å². The summed E-state index contributed by atoms with van der Waals surface area (Å²) in [5, 5.41) is 3.09. The molecule has 0 heterocycles. The van der Waals surface area contributed by atoms with E-state index in [-0.39, 0.29) is 12.5 Å². The summed E-state index contributed by atoms with van der Waals surface area (Å²) >= 11 is 6.01. The van der Waals surface area contributed by atoms with E-state index in [4.69, 9.17) is 16.3 Å². The molecule has 0 radical (unpaired) electrons. The van der Waals surface area contributed by atoms with Crippen molar-refractivity contribution in [3.05, 3.63) is 53.1 Å². The third-order valence-corrected chi connectivity index (χ3v) is 3.94. The summed E-state index contributed by atoms with van der Waals surface area (Å²) in [7, 11) is 2.76. The molecule has 0 aliphatic carbocycles. The van der Waals surface area contributed by atoms with Gasteiger partial charge in [-0.3, -0.25) is 14.5 Å². The van der Waals surface area contributed by atoms with Gasteiger partial charge in [-0.25, -0.2) is 4.79 Å². The lowest BCUT2D eigenvalue weighted by atomic mass is 10.2. The topological polar surface area (TPSA) is 84.9 Å². The molecule has 0 saturated carbocycles. The van der Waals surface area contributed by atoms with E-state index in [9.17, 15) is 14.4 Å². The average Bonchev–Trinajstić information content (AvgIpc) is 2.65. The minimum Gasteiger partial charge on any atom is -0.495 e. The first-order valence-corrected chi connectivity index (χ1v) is 8.33. The van der Waals surface area contributed by atoms with Gasteiger partial charge in [-0.2, -0.15) is 0 Å². The molecule has 0 bridgehead atoms. The Bertz CT molecular complexity index is 852. The largest absolute Gasteiger partial charge is 0.495 e. The fourth-order valence-corrected chi connectivity index (χ4v) is 2.56. The number of benzene rings is 2. The average molecular weight is 391 g/mol. The zero-order valence-electron chi connectivity index (χ0n) is 15.1. The van der Waals surface area contributed by atoms with Gasteiger partial charge in [0, 0.05) is 17.6 Å². The van der Waals surface area contributed by atoms with Gasteiger partial charge in [0.05, 0.1) is 25.5 Å². The molecule has 2 aromatic carbocycles. The number of methoxy groups -OCH3 is 2. The van der Waals surface area contributed by atoms with Crippen LogP contribution in [0, 0.1) is 0 Å². The minimum atomic E-state index is -0.469. The molecular formula is C19H19ClN2O5. The molecule has 0 atom stereocenters. The molecule has 0 aliphatic heterocycles. The van der Waals surface area contributed by atoms with Crippen LogP contribution in [0.1, 0.15) is 17.3 Å². The quantitative estimate of drug-likeness (QED) is 0.766. The van der Waals surface area contributed by atoms with Crippen molar-refractivity contribution in [1.29, 1.82) is 0 Å². The van der Waals surface area contributed by atoms with Gasteiger partial charge in [0.15, 0.2) is 0 Å². The third kappa shape index (κ3) is 5.21. The van der Waals surface area contributed by atoms with E-state index in [0.717, 1.165) is 0 Å². The predicted octanol–water partition coefficient (Wildman–Crippen LogP) is 3.13. The van der Waals surface area contributed by atoms with Gasteiger partial charge in [0.1, 0.15) is 12.3 Å². The molecule has 27 heavy (non-hydrogen) atoms. The second-order valence-electron chi connectivity index (χ2n) is 5.54. The van der Waals surface area contributed by atoms with Crippen molar-refractivity contribution in [2.45, 2.75) is 6.92 Å². The van der Waals surface area contributed by atoms with E-state index in [1.54, 1.807) is 30.3 Å². The van der Waals surface area contributed by atoms with Gasteiger partial charge in [-0.1, -0.05) is 11.6 Å². The number of anilines is 2. The summed E-state index contributed by atoms with van der Waals surface area (Å²) in [6, 6.07) is 11.0. The first-order valence-electron chi connectivity index (χ1n) is 7.95. The monoisotopic (exact) mass is 390 g/mol. The van der Waals surface area contributed by atoms with E-state index in [1.807, 2.05) is 0 Å². The highest BCUT2D eigenvalue weighted by atomic mass is 35.5. The summed E-state index contributed by atoms with van der Waals surface area (Å²) in [5.41, 5.74) is 1.24. The summed E-state index contributed by atoms with van der Waals surface area (Å²) < 4.78 is 9.87. The molecule has 1 N–H and O–H groups in total. The Morgan fingerprint density at radius 3 is 2.30 bits per heavy atom. The lowest BCUT2D eigenvalue weighted by Crippen LogP contribution is -2.36. The Morgan fingerprint density at radius 1 is 1.07 bits per heavy atom. The number of halogens is 1. The first kappa shape index (κ1) is 20.3. The van der Waals surface area contributed by atoms with E-state index in [0.29, 0.717) is 27.7 Å². The summed E-state index contributed by atoms with van der Waals surface area (Å²) in [6.45, 7) is 1.11. The number of nitrogens with zero attached hydrogens (tertiary/aromatic N) is 1. The van der Waals surface area contributed by atoms with Crippen molar-refractivity contribution in [1.82, 2.24) is 0 Å². The van der Waals surface area contributed by atoms with Gasteiger partial charge in [0.25, 0.3) is 0 Å². The molecule has 0 unspecified atom stereocenters. The highest BCUT2D eigenvalue weighted by Gasteiger charge is 2.20. The molecule has 0 aromatic heterocycles. The van der Waals surface area contributed by atoms with Crippen LogP contribution in [-0.4, -0.2) is 38.5 Å². The van der Waals surface area contributed by atoms with Crippen LogP contribution < -0.4 is 15.0 Å². The second kappa shape index (κ2) is 9.05. The van der Waals surface area contributed by atoms with Gasteiger partial charge in [-0.05, 0) is 42.5 Å². The van der Waals surface area contributed by atoms with Crippen LogP contribution in [0.2, 0.25) is 5.02 Å². The number of nitrogens with one attached hydrogen (secondary N) is 1. The number of ether oxygens (including phenoxy) is 2. The molecule has 7 nitrogen and oxygen atoms in total. The molecule has 142 valence electrons. The highest BCUT2D eigenvalue weighted by molar-refractivity contribution is 6.31. The normalized spacial score (nSPS) is 10.1. The summed E-state index contributed by atoms with van der Waals surface area (Å²) in [5.74, 6) is -0.807. The predicted molar refractivity (Wildman–Crippen MR) is 102 cm³/mol. The number of amides is 2. The molecule has 0 spiro atoms. The fourth-order valence-electron chi connectivity index (χ4n) is 2.39. The zero-order valence-corrected chi connectivity index (χ0v) is 15.9. The zero-order chi connectivity index (χ0) is 20.0. The lowest BCUT2D eigenvalue weighted by Gasteiger charge is -2.23. The van der Waals surface area contributed by atoms with Gasteiger partial charge in [-0.15, -0.1) is 0 Å². The maximum absolute atomic E-state index is 12.4. The van der Waals surface area contributed by atoms with Gasteiger partial charge in [0.2, 0.25) is 11.8 Å². The molecule has 8 heteroatoms. The number of rotatable bonds is 6. The summed E-state index contributed by atoms with van der Waals surface area (Å²) in [4.78, 5) is 37.2. The minimum absolute atomic E-state index is 0.231. The van der Waals surface area contributed by atoms with E-state index >= 15 is 0 Å². The Labute approximate surface area is 161 Å². The van der Waals surface area contributed by atoms with E-state index < -0.39 is 11.9 Å². The third-order valence-electron chi connectivity index (χ3n) is 3.70. The molecule has 0 saturated heterocycles. The maximum Gasteiger partial charge on any atom is 0.337 e. The van der Waals surface area contributed by atoms with Crippen molar-refractivity contribution in [2.24, 2.45) is 0 Å². The van der Waals surface area contributed by atoms with Crippen molar-refractivity contribution in [3.8, 4) is 5.75 Å². The number of carbonyl (C=O) groups excluding carboxylic acids is 3. The van der Waals surface area contributed by atoms with E-state index in [1.165, 1.54) is 38.2 Å². The maximum atomic E-state index is 12.4. The van der Waals surface area contributed by atoms with Crippen LogP contribution in [0.25, 0.3) is 0 Å². The van der Waals surface area contributed by atoms with Crippen LogP contribution in [-0.2, 0) is 14.3 Å². The van der Waals surface area contributed by atoms with Crippen molar-refractivity contribution < 1.29 is 23.9 Å². The highest BCUT2D eigenvalue weighted by Crippen LogP contribution is 2.31. The SMILES string of the molecule is COC(=O)c1ccc(NC(=O)CN(C(C)=O)c2cc(Cl)ccc2OC)cc1. The Kier molecular flexibility index (Phi) is 6.79. The standard InChI is InChI=1S/C19H19ClN2O5/c1-12(23)22(16-10-14(20)6-9-17(16)26-2)11-18(24)21-15-7-4-13(5-8-15)19(25)27-3/h4-10H,11H2,1-3H3,(H,21,24). The van der Waals surface area contributed by atoms with Crippen molar-refractivity contribution in [3.63, 3.8) is 0 Å². The lowest BCUT2D eigenvalue weighted by molar-refractivity contribution is -0.120. The smallest absolute Gasteiger partial charge is 0.337 e. The van der Waals surface area contributed by atoms with Crippen LogP contribution in [0.4, 0.5) is 11.4 Å². The van der Waals surface area contributed by atoms with Crippen LogP contribution in [0.3, 0.4) is 0 Å². The second-order valence-corrected chi connectivity index (χ2v) is 5.97. The Morgan fingerprint density at radius 2 is 1.74 bits per heavy atom. The molecule has 0 fully saturated rings. The van der Waals surface area contributed by atoms with Crippen LogP contribution >= 0.6 is 11.6 Å². The molecule has 2 aromatic rings.